The first-order valence-electron chi connectivity index (χ1n) is 8.44. The van der Waals surface area contributed by atoms with Crippen molar-refractivity contribution in [2.75, 3.05) is 26.4 Å². The molecule has 0 amide bonds. The van der Waals surface area contributed by atoms with Gasteiger partial charge in [-0.05, 0) is 50.3 Å². The molecule has 2 atom stereocenters. The van der Waals surface area contributed by atoms with Crippen molar-refractivity contribution in [1.29, 1.82) is 0 Å². The molecular formula is C18H24O5. The summed E-state index contributed by atoms with van der Waals surface area (Å²) < 4.78 is 22.2. The summed E-state index contributed by atoms with van der Waals surface area (Å²) in [6, 6.07) is 7.11. The molecule has 2 heterocycles. The van der Waals surface area contributed by atoms with E-state index in [0.717, 1.165) is 45.3 Å². The minimum absolute atomic E-state index is 0.0339. The van der Waals surface area contributed by atoms with E-state index in [2.05, 4.69) is 0 Å². The van der Waals surface area contributed by atoms with Gasteiger partial charge in [0.2, 0.25) is 0 Å². The summed E-state index contributed by atoms with van der Waals surface area (Å²) in [6.07, 6.45) is 5.49. The van der Waals surface area contributed by atoms with Crippen LogP contribution in [0.3, 0.4) is 0 Å². The summed E-state index contributed by atoms with van der Waals surface area (Å²) in [6.45, 7) is 2.41. The van der Waals surface area contributed by atoms with Gasteiger partial charge in [-0.25, -0.2) is 4.79 Å². The lowest BCUT2D eigenvalue weighted by Crippen LogP contribution is -2.26. The summed E-state index contributed by atoms with van der Waals surface area (Å²) in [7, 11) is 0. The maximum absolute atomic E-state index is 12.1. The van der Waals surface area contributed by atoms with Crippen molar-refractivity contribution in [2.45, 2.75) is 44.3 Å². The normalized spacial score (nSPS) is 24.3. The Labute approximate surface area is 136 Å². The van der Waals surface area contributed by atoms with Crippen molar-refractivity contribution >= 4 is 5.97 Å². The zero-order valence-corrected chi connectivity index (χ0v) is 13.4. The molecule has 0 bridgehead atoms. The van der Waals surface area contributed by atoms with Crippen LogP contribution in [0.25, 0.3) is 0 Å². The number of esters is 1. The van der Waals surface area contributed by atoms with Crippen LogP contribution in [0.2, 0.25) is 0 Å². The van der Waals surface area contributed by atoms with Crippen LogP contribution >= 0.6 is 0 Å². The van der Waals surface area contributed by atoms with Gasteiger partial charge in [0.1, 0.15) is 19.0 Å². The first-order chi connectivity index (χ1) is 11.3. The average molecular weight is 320 g/mol. The SMILES string of the molecule is O=C(OCC1CCCCO1)c1cccc(OCC2CCCO2)c1. The third-order valence-corrected chi connectivity index (χ3v) is 4.20. The zero-order valence-electron chi connectivity index (χ0n) is 13.4. The third kappa shape index (κ3) is 4.94. The second kappa shape index (κ2) is 8.31. The van der Waals surface area contributed by atoms with Gasteiger partial charge in [-0.3, -0.25) is 0 Å². The minimum Gasteiger partial charge on any atom is -0.491 e. The Kier molecular flexibility index (Phi) is 5.88. The molecule has 126 valence electrons. The van der Waals surface area contributed by atoms with Crippen molar-refractivity contribution < 1.29 is 23.7 Å². The molecule has 3 rings (SSSR count). The van der Waals surface area contributed by atoms with Crippen molar-refractivity contribution in [3.8, 4) is 5.75 Å². The molecule has 0 N–H and O–H groups in total. The molecule has 5 heteroatoms. The predicted octanol–water partition coefficient (Wildman–Crippen LogP) is 2.97. The smallest absolute Gasteiger partial charge is 0.338 e. The highest BCUT2D eigenvalue weighted by molar-refractivity contribution is 5.89. The van der Waals surface area contributed by atoms with Gasteiger partial charge >= 0.3 is 5.97 Å². The summed E-state index contributed by atoms with van der Waals surface area (Å²) in [5.74, 6) is 0.339. The third-order valence-electron chi connectivity index (χ3n) is 4.20. The predicted molar refractivity (Wildman–Crippen MR) is 84.8 cm³/mol. The summed E-state index contributed by atoms with van der Waals surface area (Å²) >= 11 is 0. The van der Waals surface area contributed by atoms with Crippen LogP contribution in [0.4, 0.5) is 0 Å². The highest BCUT2D eigenvalue weighted by atomic mass is 16.6. The van der Waals surface area contributed by atoms with Crippen LogP contribution in [0.1, 0.15) is 42.5 Å². The Balaban J connectivity index is 1.48. The fourth-order valence-corrected chi connectivity index (χ4v) is 2.87. The maximum atomic E-state index is 12.1. The highest BCUT2D eigenvalue weighted by Crippen LogP contribution is 2.18. The fourth-order valence-electron chi connectivity index (χ4n) is 2.87. The van der Waals surface area contributed by atoms with E-state index >= 15 is 0 Å². The molecule has 0 saturated carbocycles. The molecule has 2 fully saturated rings. The van der Waals surface area contributed by atoms with Crippen molar-refractivity contribution in [3.05, 3.63) is 29.8 Å². The second-order valence-corrected chi connectivity index (χ2v) is 6.06. The Morgan fingerprint density at radius 3 is 2.61 bits per heavy atom. The number of ether oxygens (including phenoxy) is 4. The maximum Gasteiger partial charge on any atom is 0.338 e. The molecule has 0 spiro atoms. The van der Waals surface area contributed by atoms with Gasteiger partial charge in [-0.15, -0.1) is 0 Å². The van der Waals surface area contributed by atoms with E-state index in [1.54, 1.807) is 18.2 Å². The Bertz CT molecular complexity index is 504. The molecular weight excluding hydrogens is 296 g/mol. The zero-order chi connectivity index (χ0) is 15.9. The van der Waals surface area contributed by atoms with Gasteiger partial charge in [0.15, 0.2) is 0 Å². The van der Waals surface area contributed by atoms with Crippen LogP contribution in [0.15, 0.2) is 24.3 Å². The topological polar surface area (TPSA) is 54.0 Å². The van der Waals surface area contributed by atoms with Gasteiger partial charge in [-0.1, -0.05) is 6.07 Å². The first-order valence-corrected chi connectivity index (χ1v) is 8.44. The lowest BCUT2D eigenvalue weighted by molar-refractivity contribution is -0.0300. The van der Waals surface area contributed by atoms with Gasteiger partial charge < -0.3 is 18.9 Å². The van der Waals surface area contributed by atoms with Gasteiger partial charge in [0.25, 0.3) is 0 Å². The van der Waals surface area contributed by atoms with Crippen LogP contribution in [-0.4, -0.2) is 44.6 Å². The van der Waals surface area contributed by atoms with Gasteiger partial charge in [0.05, 0.1) is 17.8 Å². The van der Waals surface area contributed by atoms with E-state index in [0.29, 0.717) is 24.5 Å². The Morgan fingerprint density at radius 1 is 1.04 bits per heavy atom. The molecule has 5 nitrogen and oxygen atoms in total. The van der Waals surface area contributed by atoms with E-state index in [4.69, 9.17) is 18.9 Å². The molecule has 0 aromatic heterocycles. The van der Waals surface area contributed by atoms with Gasteiger partial charge in [-0.2, -0.15) is 0 Å². The number of carbonyl (C=O) groups is 1. The summed E-state index contributed by atoms with van der Waals surface area (Å²) in [5, 5.41) is 0. The molecule has 23 heavy (non-hydrogen) atoms. The quantitative estimate of drug-likeness (QED) is 0.754. The Hall–Kier alpha value is -1.59. The number of benzene rings is 1. The molecule has 2 unspecified atom stereocenters. The summed E-state index contributed by atoms with van der Waals surface area (Å²) in [4.78, 5) is 12.1. The van der Waals surface area contributed by atoms with E-state index in [-0.39, 0.29) is 18.2 Å². The van der Waals surface area contributed by atoms with Gasteiger partial charge in [0, 0.05) is 13.2 Å². The largest absolute Gasteiger partial charge is 0.491 e. The highest BCUT2D eigenvalue weighted by Gasteiger charge is 2.18. The molecule has 2 aliphatic heterocycles. The second-order valence-electron chi connectivity index (χ2n) is 6.06. The van der Waals surface area contributed by atoms with E-state index in [1.165, 1.54) is 0 Å². The number of hydrogen-bond donors (Lipinski definition) is 0. The molecule has 0 radical (unpaired) electrons. The number of rotatable bonds is 6. The fraction of sp³-hybridized carbons (Fsp3) is 0.611. The van der Waals surface area contributed by atoms with E-state index < -0.39 is 0 Å². The Morgan fingerprint density at radius 2 is 1.83 bits per heavy atom. The molecule has 2 saturated heterocycles. The van der Waals surface area contributed by atoms with Crippen LogP contribution in [-0.2, 0) is 14.2 Å². The monoisotopic (exact) mass is 320 g/mol. The lowest BCUT2D eigenvalue weighted by Gasteiger charge is -2.22. The molecule has 0 aliphatic carbocycles. The van der Waals surface area contributed by atoms with E-state index in [1.807, 2.05) is 6.07 Å². The average Bonchev–Trinajstić information content (AvgIpc) is 3.12. The van der Waals surface area contributed by atoms with E-state index in [9.17, 15) is 4.79 Å². The standard InChI is InChI=1S/C18H24O5/c19-18(23-13-16-6-1-2-9-20-16)14-5-3-7-15(11-14)22-12-17-8-4-10-21-17/h3,5,7,11,16-17H,1-2,4,6,8-10,12-13H2. The number of carbonyl (C=O) groups excluding carboxylic acids is 1. The molecule has 1 aromatic rings. The molecule has 2 aliphatic rings. The van der Waals surface area contributed by atoms with Crippen LogP contribution < -0.4 is 4.74 Å². The first kappa shape index (κ1) is 16.3. The van der Waals surface area contributed by atoms with Crippen molar-refractivity contribution in [1.82, 2.24) is 0 Å². The summed E-state index contributed by atoms with van der Waals surface area (Å²) in [5.41, 5.74) is 0.505. The number of hydrogen-bond acceptors (Lipinski definition) is 5. The van der Waals surface area contributed by atoms with Crippen LogP contribution in [0.5, 0.6) is 5.75 Å². The minimum atomic E-state index is -0.332. The van der Waals surface area contributed by atoms with Crippen molar-refractivity contribution in [3.63, 3.8) is 0 Å². The lowest BCUT2D eigenvalue weighted by atomic mass is 10.1. The molecule has 1 aromatic carbocycles. The van der Waals surface area contributed by atoms with Crippen LogP contribution in [0, 0.1) is 0 Å². The van der Waals surface area contributed by atoms with Crippen molar-refractivity contribution in [2.24, 2.45) is 0 Å².